The summed E-state index contributed by atoms with van der Waals surface area (Å²) >= 11 is 0. The maximum atomic E-state index is 12.7. The van der Waals surface area contributed by atoms with Crippen LogP contribution in [0.15, 0.2) is 48.5 Å². The maximum Gasteiger partial charge on any atom is 0.270 e. The van der Waals surface area contributed by atoms with Crippen molar-refractivity contribution in [3.05, 3.63) is 75.3 Å². The van der Waals surface area contributed by atoms with Crippen LogP contribution in [-0.2, 0) is 6.42 Å². The van der Waals surface area contributed by atoms with Crippen LogP contribution in [0.2, 0.25) is 0 Å². The molecule has 5 nitrogen and oxygen atoms in total. The van der Waals surface area contributed by atoms with Gasteiger partial charge >= 0.3 is 0 Å². The molecule has 0 N–H and O–H groups in total. The molecule has 0 spiro atoms. The molecule has 0 heterocycles. The van der Waals surface area contributed by atoms with E-state index < -0.39 is 4.92 Å². The van der Waals surface area contributed by atoms with E-state index in [0.29, 0.717) is 5.56 Å². The Morgan fingerprint density at radius 2 is 2.00 bits per heavy atom. The highest BCUT2D eigenvalue weighted by atomic mass is 16.6. The summed E-state index contributed by atoms with van der Waals surface area (Å²) in [5.74, 6) is -0.185. The van der Waals surface area contributed by atoms with E-state index in [1.165, 1.54) is 23.3 Å². The number of non-ortho nitro benzene ring substituents is 1. The molecule has 1 atom stereocenters. The van der Waals surface area contributed by atoms with Crippen LogP contribution in [0.25, 0.3) is 0 Å². The number of amides is 1. The Hall–Kier alpha value is -2.69. The van der Waals surface area contributed by atoms with E-state index >= 15 is 0 Å². The second kappa shape index (κ2) is 6.20. The van der Waals surface area contributed by atoms with Gasteiger partial charge in [-0.15, -0.1) is 0 Å². The second-order valence-corrected chi connectivity index (χ2v) is 5.83. The molecule has 1 aliphatic rings. The van der Waals surface area contributed by atoms with Crippen molar-refractivity contribution in [3.8, 4) is 0 Å². The number of fused-ring (bicyclic) bond motifs is 1. The van der Waals surface area contributed by atoms with Crippen molar-refractivity contribution in [1.82, 2.24) is 4.90 Å². The van der Waals surface area contributed by atoms with Gasteiger partial charge in [-0.05, 0) is 36.5 Å². The van der Waals surface area contributed by atoms with Crippen molar-refractivity contribution in [2.75, 3.05) is 7.05 Å². The molecule has 0 fully saturated rings. The van der Waals surface area contributed by atoms with Crippen molar-refractivity contribution in [3.63, 3.8) is 0 Å². The normalized spacial score (nSPS) is 16.5. The number of nitro benzene ring substituents is 1. The lowest BCUT2D eigenvalue weighted by Crippen LogP contribution is -2.33. The van der Waals surface area contributed by atoms with E-state index in [1.807, 2.05) is 12.1 Å². The molecule has 5 heteroatoms. The van der Waals surface area contributed by atoms with E-state index in [1.54, 1.807) is 24.1 Å². The Balaban J connectivity index is 1.89. The fourth-order valence-corrected chi connectivity index (χ4v) is 3.23. The lowest BCUT2D eigenvalue weighted by molar-refractivity contribution is -0.384. The Morgan fingerprint density at radius 1 is 1.22 bits per heavy atom. The van der Waals surface area contributed by atoms with E-state index in [0.717, 1.165) is 19.3 Å². The van der Waals surface area contributed by atoms with Crippen LogP contribution >= 0.6 is 0 Å². The van der Waals surface area contributed by atoms with Gasteiger partial charge in [0.2, 0.25) is 0 Å². The maximum absolute atomic E-state index is 12.7. The number of hydrogen-bond donors (Lipinski definition) is 0. The number of benzene rings is 2. The van der Waals surface area contributed by atoms with Gasteiger partial charge in [0.1, 0.15) is 0 Å². The van der Waals surface area contributed by atoms with Crippen molar-refractivity contribution in [2.24, 2.45) is 0 Å². The van der Waals surface area contributed by atoms with Gasteiger partial charge in [0, 0.05) is 24.7 Å². The average molecular weight is 310 g/mol. The van der Waals surface area contributed by atoms with Crippen LogP contribution in [0.1, 0.15) is 40.4 Å². The van der Waals surface area contributed by atoms with Gasteiger partial charge in [-0.2, -0.15) is 0 Å². The summed E-state index contributed by atoms with van der Waals surface area (Å²) in [5.41, 5.74) is 2.75. The number of nitrogens with zero attached hydrogens (tertiary/aromatic N) is 2. The predicted molar refractivity (Wildman–Crippen MR) is 87.3 cm³/mol. The Morgan fingerprint density at radius 3 is 2.78 bits per heavy atom. The molecular formula is C18H18N2O3. The molecule has 2 aromatic carbocycles. The summed E-state index contributed by atoms with van der Waals surface area (Å²) in [4.78, 5) is 24.8. The first-order chi connectivity index (χ1) is 11.1. The van der Waals surface area contributed by atoms with Gasteiger partial charge < -0.3 is 4.90 Å². The zero-order valence-electron chi connectivity index (χ0n) is 12.9. The summed E-state index contributed by atoms with van der Waals surface area (Å²) in [6, 6.07) is 14.1. The van der Waals surface area contributed by atoms with Crippen LogP contribution in [0.4, 0.5) is 5.69 Å². The zero-order valence-corrected chi connectivity index (χ0v) is 12.9. The highest BCUT2D eigenvalue weighted by molar-refractivity contribution is 5.95. The molecule has 3 rings (SSSR count). The lowest BCUT2D eigenvalue weighted by atomic mass is 9.87. The van der Waals surface area contributed by atoms with Gasteiger partial charge in [-0.3, -0.25) is 14.9 Å². The average Bonchev–Trinajstić information content (AvgIpc) is 2.60. The topological polar surface area (TPSA) is 63.5 Å². The summed E-state index contributed by atoms with van der Waals surface area (Å²) in [6.07, 6.45) is 2.98. The number of rotatable bonds is 3. The summed E-state index contributed by atoms with van der Waals surface area (Å²) < 4.78 is 0. The largest absolute Gasteiger partial charge is 0.335 e. The summed E-state index contributed by atoms with van der Waals surface area (Å²) in [5, 5.41) is 10.9. The minimum atomic E-state index is -0.479. The molecule has 0 unspecified atom stereocenters. The van der Waals surface area contributed by atoms with Crippen LogP contribution < -0.4 is 0 Å². The zero-order chi connectivity index (χ0) is 16.4. The first kappa shape index (κ1) is 15.2. The van der Waals surface area contributed by atoms with Gasteiger partial charge in [-0.25, -0.2) is 0 Å². The monoisotopic (exact) mass is 310 g/mol. The van der Waals surface area contributed by atoms with Crippen molar-refractivity contribution in [2.45, 2.75) is 25.3 Å². The molecule has 0 saturated carbocycles. The molecule has 23 heavy (non-hydrogen) atoms. The Kier molecular flexibility index (Phi) is 4.10. The predicted octanol–water partition coefficient (Wildman–Crippen LogP) is 3.74. The van der Waals surface area contributed by atoms with Crippen LogP contribution in [-0.4, -0.2) is 22.8 Å². The minimum absolute atomic E-state index is 0.0201. The van der Waals surface area contributed by atoms with E-state index in [9.17, 15) is 14.9 Å². The lowest BCUT2D eigenvalue weighted by Gasteiger charge is -2.33. The molecule has 0 bridgehead atoms. The molecular weight excluding hydrogens is 292 g/mol. The number of nitro groups is 1. The highest BCUT2D eigenvalue weighted by Crippen LogP contribution is 2.34. The van der Waals surface area contributed by atoms with Gasteiger partial charge in [-0.1, -0.05) is 30.3 Å². The summed E-state index contributed by atoms with van der Waals surface area (Å²) in [7, 11) is 1.77. The summed E-state index contributed by atoms with van der Waals surface area (Å²) in [6.45, 7) is 0. The molecule has 0 radical (unpaired) electrons. The van der Waals surface area contributed by atoms with E-state index in [2.05, 4.69) is 12.1 Å². The first-order valence-corrected chi connectivity index (χ1v) is 7.67. The molecule has 118 valence electrons. The van der Waals surface area contributed by atoms with Crippen molar-refractivity contribution < 1.29 is 9.72 Å². The number of carbonyl (C=O) groups excluding carboxylic acids is 1. The van der Waals surface area contributed by atoms with Crippen LogP contribution in [0, 0.1) is 10.1 Å². The molecule has 2 aromatic rings. The van der Waals surface area contributed by atoms with Crippen molar-refractivity contribution in [1.29, 1.82) is 0 Å². The van der Waals surface area contributed by atoms with Crippen molar-refractivity contribution >= 4 is 11.6 Å². The molecule has 0 aromatic heterocycles. The molecule has 1 aliphatic carbocycles. The molecule has 0 aliphatic heterocycles. The number of aryl methyl sites for hydroxylation is 1. The fraction of sp³-hybridized carbons (Fsp3) is 0.278. The molecule has 0 saturated heterocycles. The van der Waals surface area contributed by atoms with Crippen LogP contribution in [0.3, 0.4) is 0 Å². The third-order valence-electron chi connectivity index (χ3n) is 4.43. The third kappa shape index (κ3) is 2.95. The van der Waals surface area contributed by atoms with Gasteiger partial charge in [0.05, 0.1) is 11.0 Å². The van der Waals surface area contributed by atoms with E-state index in [4.69, 9.17) is 0 Å². The van der Waals surface area contributed by atoms with Gasteiger partial charge in [0.25, 0.3) is 11.6 Å². The molecule has 1 amide bonds. The second-order valence-electron chi connectivity index (χ2n) is 5.83. The quantitative estimate of drug-likeness (QED) is 0.640. The third-order valence-corrected chi connectivity index (χ3v) is 4.43. The minimum Gasteiger partial charge on any atom is -0.335 e. The Bertz CT molecular complexity index is 757. The van der Waals surface area contributed by atoms with Gasteiger partial charge in [0.15, 0.2) is 0 Å². The number of carbonyl (C=O) groups is 1. The van der Waals surface area contributed by atoms with Crippen LogP contribution in [0.5, 0.6) is 0 Å². The highest BCUT2D eigenvalue weighted by Gasteiger charge is 2.27. The van der Waals surface area contributed by atoms with E-state index in [-0.39, 0.29) is 17.6 Å². The first-order valence-electron chi connectivity index (χ1n) is 7.67. The SMILES string of the molecule is CN(C(=O)c1cccc([N+](=O)[O-])c1)[C@@H]1CCCc2ccccc21. The standard InChI is InChI=1S/C18H18N2O3/c1-19(17-11-5-7-13-6-2-3-10-16(13)17)18(21)14-8-4-9-15(12-14)20(22)23/h2-4,6,8-10,12,17H,5,7,11H2,1H3/t17-/m1/s1. The smallest absolute Gasteiger partial charge is 0.270 e. The fourth-order valence-electron chi connectivity index (χ4n) is 3.23. The Labute approximate surface area is 134 Å². The number of hydrogen-bond acceptors (Lipinski definition) is 3.